The first kappa shape index (κ1) is 12.8. The van der Waals surface area contributed by atoms with Crippen LogP contribution >= 0.6 is 0 Å². The Labute approximate surface area is 129 Å². The molecule has 4 rings (SSSR count). The molecule has 0 aliphatic heterocycles. The normalized spacial score (nSPS) is 11.0. The molecular weight excluding hydrogens is 268 g/mol. The number of hydrogen-bond acceptors (Lipinski definition) is 1. The van der Waals surface area contributed by atoms with Gasteiger partial charge in [0.1, 0.15) is 0 Å². The van der Waals surface area contributed by atoms with Crippen LogP contribution < -0.4 is 0 Å². The maximum atomic E-state index is 4.82. The maximum Gasteiger partial charge on any atom is 0.0933 e. The second-order valence-corrected chi connectivity index (χ2v) is 5.46. The summed E-state index contributed by atoms with van der Waals surface area (Å²) < 4.78 is 2.03. The Bertz CT molecular complexity index is 936. The van der Waals surface area contributed by atoms with E-state index in [0.717, 1.165) is 22.5 Å². The van der Waals surface area contributed by atoms with Crippen molar-refractivity contribution in [3.63, 3.8) is 0 Å². The summed E-state index contributed by atoms with van der Waals surface area (Å²) in [5, 5.41) is 4.82. The second-order valence-electron chi connectivity index (χ2n) is 5.46. The van der Waals surface area contributed by atoms with Crippen LogP contribution in [0, 0.1) is 6.92 Å². The fourth-order valence-corrected chi connectivity index (χ4v) is 2.83. The van der Waals surface area contributed by atoms with E-state index >= 15 is 0 Å². The fourth-order valence-electron chi connectivity index (χ4n) is 2.83. The molecule has 2 aromatic heterocycles. The fraction of sp³-hybridized carbons (Fsp3) is 0.0500. The van der Waals surface area contributed by atoms with Crippen molar-refractivity contribution in [2.45, 2.75) is 6.92 Å². The lowest BCUT2D eigenvalue weighted by molar-refractivity contribution is 0.972. The molecule has 4 aromatic rings. The lowest BCUT2D eigenvalue weighted by Gasteiger charge is -2.07. The Morgan fingerprint density at radius 2 is 1.55 bits per heavy atom. The molecule has 0 amide bonds. The van der Waals surface area contributed by atoms with Crippen molar-refractivity contribution in [3.8, 4) is 22.5 Å². The summed E-state index contributed by atoms with van der Waals surface area (Å²) in [6.45, 7) is 2.13. The molecule has 0 fully saturated rings. The highest BCUT2D eigenvalue weighted by molar-refractivity contribution is 5.71. The number of benzene rings is 2. The van der Waals surface area contributed by atoms with Crippen LogP contribution in [0.4, 0.5) is 0 Å². The Hall–Kier alpha value is -2.87. The monoisotopic (exact) mass is 284 g/mol. The van der Waals surface area contributed by atoms with Crippen LogP contribution in [-0.2, 0) is 0 Å². The van der Waals surface area contributed by atoms with Crippen molar-refractivity contribution in [1.29, 1.82) is 0 Å². The third-order valence-electron chi connectivity index (χ3n) is 3.98. The zero-order valence-corrected chi connectivity index (χ0v) is 12.4. The van der Waals surface area contributed by atoms with Crippen molar-refractivity contribution < 1.29 is 0 Å². The Morgan fingerprint density at radius 1 is 0.773 bits per heavy atom. The Balaban J connectivity index is 1.95. The van der Waals surface area contributed by atoms with E-state index < -0.39 is 0 Å². The van der Waals surface area contributed by atoms with Gasteiger partial charge in [-0.1, -0.05) is 60.7 Å². The molecule has 0 atom stereocenters. The van der Waals surface area contributed by atoms with Gasteiger partial charge in [0.15, 0.2) is 0 Å². The highest BCUT2D eigenvalue weighted by atomic mass is 15.2. The number of aryl methyl sites for hydroxylation is 1. The Morgan fingerprint density at radius 3 is 2.36 bits per heavy atom. The van der Waals surface area contributed by atoms with Crippen LogP contribution in [0.2, 0.25) is 0 Å². The molecule has 0 saturated heterocycles. The molecule has 0 N–H and O–H groups in total. The van der Waals surface area contributed by atoms with Crippen LogP contribution in [0.25, 0.3) is 28.0 Å². The quantitative estimate of drug-likeness (QED) is 0.507. The van der Waals surface area contributed by atoms with Crippen molar-refractivity contribution in [2.24, 2.45) is 0 Å². The molecule has 0 aliphatic rings. The van der Waals surface area contributed by atoms with Crippen LogP contribution in [0.3, 0.4) is 0 Å². The standard InChI is InChI=1S/C20H16N2/c1-15-8-5-6-12-18(15)20-13-7-11-17-14-19(21-22(17)20)16-9-3-2-4-10-16/h2-14H,1H3. The minimum absolute atomic E-state index is 1.00. The van der Waals surface area contributed by atoms with Crippen molar-refractivity contribution >= 4 is 5.52 Å². The molecule has 0 aliphatic carbocycles. The van der Waals surface area contributed by atoms with Crippen molar-refractivity contribution in [2.75, 3.05) is 0 Å². The summed E-state index contributed by atoms with van der Waals surface area (Å²) in [6.07, 6.45) is 0. The SMILES string of the molecule is Cc1ccccc1-c1cccc2cc(-c3ccccc3)nn12. The third-order valence-corrected chi connectivity index (χ3v) is 3.98. The highest BCUT2D eigenvalue weighted by Crippen LogP contribution is 2.26. The van der Waals surface area contributed by atoms with E-state index in [-0.39, 0.29) is 0 Å². The number of rotatable bonds is 2. The predicted molar refractivity (Wildman–Crippen MR) is 90.8 cm³/mol. The zero-order valence-electron chi connectivity index (χ0n) is 12.4. The molecule has 2 nitrogen and oxygen atoms in total. The summed E-state index contributed by atoms with van der Waals surface area (Å²) in [6, 6.07) is 27.2. The highest BCUT2D eigenvalue weighted by Gasteiger charge is 2.09. The molecule has 0 spiro atoms. The minimum Gasteiger partial charge on any atom is -0.232 e. The topological polar surface area (TPSA) is 17.3 Å². The van der Waals surface area contributed by atoms with E-state index in [1.54, 1.807) is 0 Å². The average molecular weight is 284 g/mol. The van der Waals surface area contributed by atoms with Gasteiger partial charge in [-0.25, -0.2) is 4.52 Å². The first-order valence-electron chi connectivity index (χ1n) is 7.43. The summed E-state index contributed by atoms with van der Waals surface area (Å²) >= 11 is 0. The van der Waals surface area contributed by atoms with Gasteiger partial charge in [0.25, 0.3) is 0 Å². The van der Waals surface area contributed by atoms with E-state index in [1.807, 2.05) is 22.7 Å². The van der Waals surface area contributed by atoms with Crippen LogP contribution in [0.15, 0.2) is 78.9 Å². The van der Waals surface area contributed by atoms with Crippen molar-refractivity contribution in [3.05, 3.63) is 84.4 Å². The Kier molecular flexibility index (Phi) is 3.01. The van der Waals surface area contributed by atoms with Gasteiger partial charge in [0, 0.05) is 11.1 Å². The first-order valence-corrected chi connectivity index (χ1v) is 7.43. The molecule has 2 aromatic carbocycles. The summed E-state index contributed by atoms with van der Waals surface area (Å²) in [4.78, 5) is 0. The van der Waals surface area contributed by atoms with Gasteiger partial charge in [0.2, 0.25) is 0 Å². The molecule has 0 unspecified atom stereocenters. The van der Waals surface area contributed by atoms with Crippen LogP contribution in [0.5, 0.6) is 0 Å². The van der Waals surface area contributed by atoms with Crippen LogP contribution in [-0.4, -0.2) is 9.61 Å². The van der Waals surface area contributed by atoms with E-state index in [0.29, 0.717) is 0 Å². The lowest BCUT2D eigenvalue weighted by atomic mass is 10.1. The largest absolute Gasteiger partial charge is 0.232 e. The number of aromatic nitrogens is 2. The smallest absolute Gasteiger partial charge is 0.0933 e. The lowest BCUT2D eigenvalue weighted by Crippen LogP contribution is -1.95. The molecule has 2 heterocycles. The first-order chi connectivity index (χ1) is 10.8. The molecule has 2 heteroatoms. The van der Waals surface area contributed by atoms with Gasteiger partial charge < -0.3 is 0 Å². The molecule has 0 saturated carbocycles. The minimum atomic E-state index is 1.00. The van der Waals surface area contributed by atoms with E-state index in [2.05, 4.69) is 67.6 Å². The van der Waals surface area contributed by atoms with Crippen molar-refractivity contribution in [1.82, 2.24) is 9.61 Å². The molecular formula is C20H16N2. The van der Waals surface area contributed by atoms with E-state index in [9.17, 15) is 0 Å². The van der Waals surface area contributed by atoms with E-state index in [1.165, 1.54) is 11.1 Å². The zero-order chi connectivity index (χ0) is 14.9. The van der Waals surface area contributed by atoms with Gasteiger partial charge in [-0.3, -0.25) is 0 Å². The predicted octanol–water partition coefficient (Wildman–Crippen LogP) is 4.98. The van der Waals surface area contributed by atoms with Gasteiger partial charge in [-0.15, -0.1) is 0 Å². The maximum absolute atomic E-state index is 4.82. The molecule has 0 bridgehead atoms. The van der Waals surface area contributed by atoms with Gasteiger partial charge in [-0.2, -0.15) is 5.10 Å². The van der Waals surface area contributed by atoms with E-state index in [4.69, 9.17) is 5.10 Å². The molecule has 106 valence electrons. The number of nitrogens with zero attached hydrogens (tertiary/aromatic N) is 2. The molecule has 22 heavy (non-hydrogen) atoms. The molecule has 0 radical (unpaired) electrons. The van der Waals surface area contributed by atoms with Crippen LogP contribution in [0.1, 0.15) is 5.56 Å². The number of fused-ring (bicyclic) bond motifs is 1. The number of hydrogen-bond donors (Lipinski definition) is 0. The average Bonchev–Trinajstić information content (AvgIpc) is 3.00. The number of pyridine rings is 1. The second kappa shape index (κ2) is 5.15. The summed E-state index contributed by atoms with van der Waals surface area (Å²) in [7, 11) is 0. The summed E-state index contributed by atoms with van der Waals surface area (Å²) in [5.41, 5.74) is 6.85. The van der Waals surface area contributed by atoms with Gasteiger partial charge >= 0.3 is 0 Å². The summed E-state index contributed by atoms with van der Waals surface area (Å²) in [5.74, 6) is 0. The van der Waals surface area contributed by atoms with Gasteiger partial charge in [-0.05, 0) is 30.7 Å². The van der Waals surface area contributed by atoms with Gasteiger partial charge in [0.05, 0.1) is 16.9 Å². The third kappa shape index (κ3) is 2.09.